The third-order valence-corrected chi connectivity index (χ3v) is 4.52. The first kappa shape index (κ1) is 20.4. The summed E-state index contributed by atoms with van der Waals surface area (Å²) in [4.78, 5) is 14.0. The topological polar surface area (TPSA) is 86.4 Å². The van der Waals surface area contributed by atoms with Crippen LogP contribution in [0.3, 0.4) is 0 Å². The van der Waals surface area contributed by atoms with Crippen LogP contribution < -0.4 is 15.0 Å². The van der Waals surface area contributed by atoms with Gasteiger partial charge in [0.2, 0.25) is 18.0 Å². The lowest BCUT2D eigenvalue weighted by molar-refractivity contribution is 0.461. The quantitative estimate of drug-likeness (QED) is 0.347. The van der Waals surface area contributed by atoms with Crippen LogP contribution >= 0.6 is 23.2 Å². The molecule has 0 amide bonds. The van der Waals surface area contributed by atoms with Gasteiger partial charge in [-0.25, -0.2) is 0 Å². The van der Waals surface area contributed by atoms with E-state index in [0.717, 1.165) is 5.56 Å². The van der Waals surface area contributed by atoms with Crippen LogP contribution in [0.25, 0.3) is 0 Å². The lowest BCUT2D eigenvalue weighted by Crippen LogP contribution is -2.33. The predicted molar refractivity (Wildman–Crippen MR) is 115 cm³/mol. The molecular formula is C20H16Cl2N6O. The van der Waals surface area contributed by atoms with Crippen LogP contribution in [0.5, 0.6) is 11.6 Å². The summed E-state index contributed by atoms with van der Waals surface area (Å²) in [6, 6.07) is 12.2. The Labute approximate surface area is 178 Å². The fraction of sp³-hybridized carbons (Fsp3) is 0.100. The van der Waals surface area contributed by atoms with Gasteiger partial charge in [0.25, 0.3) is 0 Å². The van der Waals surface area contributed by atoms with Gasteiger partial charge in [0.15, 0.2) is 0 Å². The highest BCUT2D eigenvalue weighted by atomic mass is 35.5. The fourth-order valence-corrected chi connectivity index (χ4v) is 2.71. The minimum atomic E-state index is 0.260. The number of nitriles is 1. The molecule has 29 heavy (non-hydrogen) atoms. The molecule has 0 aliphatic rings. The molecule has 0 saturated carbocycles. The van der Waals surface area contributed by atoms with Crippen molar-refractivity contribution in [3.05, 3.63) is 70.5 Å². The van der Waals surface area contributed by atoms with Crippen LogP contribution in [0, 0.1) is 18.4 Å². The first-order valence-corrected chi connectivity index (χ1v) is 9.21. The molecule has 0 saturated heterocycles. The van der Waals surface area contributed by atoms with E-state index in [1.807, 2.05) is 13.0 Å². The van der Waals surface area contributed by atoms with Gasteiger partial charge in [-0.3, -0.25) is 9.88 Å². The van der Waals surface area contributed by atoms with Gasteiger partial charge in [0.05, 0.1) is 16.2 Å². The van der Waals surface area contributed by atoms with Crippen LogP contribution in [-0.4, -0.2) is 23.0 Å². The summed E-state index contributed by atoms with van der Waals surface area (Å²) < 4.78 is 5.78. The number of hydrogen-bond donors (Lipinski definition) is 1. The van der Waals surface area contributed by atoms with Crippen molar-refractivity contribution in [2.24, 2.45) is 4.99 Å². The van der Waals surface area contributed by atoms with Crippen LogP contribution in [0.1, 0.15) is 5.56 Å². The molecular weight excluding hydrogens is 411 g/mol. The van der Waals surface area contributed by atoms with E-state index in [1.54, 1.807) is 66.9 Å². The summed E-state index contributed by atoms with van der Waals surface area (Å²) in [5.41, 5.74) is 1.55. The maximum absolute atomic E-state index is 9.11. The van der Waals surface area contributed by atoms with E-state index in [0.29, 0.717) is 33.2 Å². The van der Waals surface area contributed by atoms with Crippen molar-refractivity contribution in [3.8, 4) is 17.8 Å². The third kappa shape index (κ3) is 5.35. The second kappa shape index (κ2) is 9.24. The molecule has 0 aliphatic heterocycles. The number of anilines is 2. The van der Waals surface area contributed by atoms with Gasteiger partial charge in [0.1, 0.15) is 11.6 Å². The molecule has 1 N–H and O–H groups in total. The summed E-state index contributed by atoms with van der Waals surface area (Å²) in [6.45, 7) is 1.92. The second-order valence-corrected chi connectivity index (χ2v) is 6.79. The number of nitrogens with zero attached hydrogens (tertiary/aromatic N) is 5. The Balaban J connectivity index is 1.87. The van der Waals surface area contributed by atoms with Crippen LogP contribution in [0.15, 0.2) is 59.9 Å². The maximum atomic E-state index is 9.11. The minimum absolute atomic E-state index is 0.260. The SMILES string of the molecule is Cc1cc(Oc2cccnc2)nc(N(C)/C(=N\C#N)Nc2ccc(Cl)c(Cl)c2)c1. The Hall–Kier alpha value is -3.34. The number of aliphatic imine (C=N–C) groups is 1. The number of pyridine rings is 2. The molecule has 7 nitrogen and oxygen atoms in total. The molecule has 0 spiro atoms. The number of guanidine groups is 1. The third-order valence-electron chi connectivity index (χ3n) is 3.78. The minimum Gasteiger partial charge on any atom is -0.437 e. The van der Waals surface area contributed by atoms with Crippen molar-refractivity contribution in [1.29, 1.82) is 5.26 Å². The molecule has 0 radical (unpaired) electrons. The zero-order valence-corrected chi connectivity index (χ0v) is 17.1. The molecule has 9 heteroatoms. The first-order chi connectivity index (χ1) is 14.0. The molecule has 146 valence electrons. The van der Waals surface area contributed by atoms with E-state index in [1.165, 1.54) is 0 Å². The molecule has 0 unspecified atom stereocenters. The molecule has 3 rings (SSSR count). The molecule has 2 aromatic heterocycles. The van der Waals surface area contributed by atoms with Crippen LogP contribution in [0.2, 0.25) is 10.0 Å². The van der Waals surface area contributed by atoms with E-state index in [2.05, 4.69) is 20.3 Å². The van der Waals surface area contributed by atoms with Crippen molar-refractivity contribution in [2.75, 3.05) is 17.3 Å². The van der Waals surface area contributed by atoms with Crippen molar-refractivity contribution in [1.82, 2.24) is 9.97 Å². The Morgan fingerprint density at radius 1 is 1.21 bits per heavy atom. The van der Waals surface area contributed by atoms with Crippen molar-refractivity contribution in [3.63, 3.8) is 0 Å². The lowest BCUT2D eigenvalue weighted by atomic mass is 10.3. The van der Waals surface area contributed by atoms with E-state index in [9.17, 15) is 0 Å². The van der Waals surface area contributed by atoms with Crippen molar-refractivity contribution < 1.29 is 4.74 Å². The average molecular weight is 427 g/mol. The number of aromatic nitrogens is 2. The number of ether oxygens (including phenoxy) is 1. The number of aryl methyl sites for hydroxylation is 1. The summed E-state index contributed by atoms with van der Waals surface area (Å²) in [5.74, 6) is 1.76. The molecule has 3 aromatic rings. The zero-order valence-electron chi connectivity index (χ0n) is 15.6. The molecule has 2 heterocycles. The van der Waals surface area contributed by atoms with Gasteiger partial charge >= 0.3 is 0 Å². The second-order valence-electron chi connectivity index (χ2n) is 5.98. The number of rotatable bonds is 4. The highest BCUT2D eigenvalue weighted by Crippen LogP contribution is 2.26. The number of hydrogen-bond acceptors (Lipinski definition) is 5. The van der Waals surface area contributed by atoms with E-state index in [-0.39, 0.29) is 5.96 Å². The Kier molecular flexibility index (Phi) is 6.50. The summed E-state index contributed by atoms with van der Waals surface area (Å²) in [7, 11) is 1.73. The molecule has 0 bridgehead atoms. The van der Waals surface area contributed by atoms with Crippen LogP contribution in [-0.2, 0) is 0 Å². The Morgan fingerprint density at radius 3 is 2.72 bits per heavy atom. The van der Waals surface area contributed by atoms with Crippen LogP contribution in [0.4, 0.5) is 11.5 Å². The smallest absolute Gasteiger partial charge is 0.221 e. The maximum Gasteiger partial charge on any atom is 0.221 e. The average Bonchev–Trinajstić information content (AvgIpc) is 2.70. The van der Waals surface area contributed by atoms with Gasteiger partial charge < -0.3 is 10.1 Å². The van der Waals surface area contributed by atoms with Gasteiger partial charge in [0, 0.05) is 25.0 Å². The molecule has 0 aliphatic carbocycles. The molecule has 0 atom stereocenters. The largest absolute Gasteiger partial charge is 0.437 e. The van der Waals surface area contributed by atoms with E-state index < -0.39 is 0 Å². The standard InChI is InChI=1S/C20H16Cl2N6O/c1-13-8-18(27-19(9-13)29-15-4-3-7-24-11-15)28(2)20(25-12-23)26-14-5-6-16(21)17(22)10-14/h3-11H,1-2H3,(H,25,26). The number of halogens is 2. The highest BCUT2D eigenvalue weighted by Gasteiger charge is 2.14. The number of benzene rings is 1. The predicted octanol–water partition coefficient (Wildman–Crippen LogP) is 5.27. The number of nitrogens with one attached hydrogen (secondary N) is 1. The normalized spacial score (nSPS) is 10.9. The Bertz CT molecular complexity index is 1080. The van der Waals surface area contributed by atoms with Crippen molar-refractivity contribution >= 4 is 40.7 Å². The summed E-state index contributed by atoms with van der Waals surface area (Å²) in [5, 5.41) is 13.0. The fourth-order valence-electron chi connectivity index (χ4n) is 2.42. The monoisotopic (exact) mass is 426 g/mol. The van der Waals surface area contributed by atoms with Gasteiger partial charge in [-0.05, 0) is 48.9 Å². The lowest BCUT2D eigenvalue weighted by Gasteiger charge is -2.21. The van der Waals surface area contributed by atoms with Crippen molar-refractivity contribution in [2.45, 2.75) is 6.92 Å². The van der Waals surface area contributed by atoms with E-state index >= 15 is 0 Å². The van der Waals surface area contributed by atoms with E-state index in [4.69, 9.17) is 33.2 Å². The molecule has 0 fully saturated rings. The van der Waals surface area contributed by atoms with Gasteiger partial charge in [-0.2, -0.15) is 10.2 Å². The highest BCUT2D eigenvalue weighted by molar-refractivity contribution is 6.42. The first-order valence-electron chi connectivity index (χ1n) is 8.45. The van der Waals surface area contributed by atoms with Gasteiger partial charge in [-0.15, -0.1) is 4.99 Å². The summed E-state index contributed by atoms with van der Waals surface area (Å²) in [6.07, 6.45) is 5.05. The zero-order chi connectivity index (χ0) is 20.8. The molecule has 1 aromatic carbocycles. The van der Waals surface area contributed by atoms with Gasteiger partial charge in [-0.1, -0.05) is 23.2 Å². The Morgan fingerprint density at radius 2 is 2.03 bits per heavy atom. The summed E-state index contributed by atoms with van der Waals surface area (Å²) >= 11 is 12.0.